The first-order chi connectivity index (χ1) is 4.08. The Morgan fingerprint density at radius 3 is 2.33 bits per heavy atom. The van der Waals surface area contributed by atoms with Crippen molar-refractivity contribution in [3.8, 4) is 0 Å². The first-order valence-corrected chi connectivity index (χ1v) is 4.59. The number of hydrogen-bond acceptors (Lipinski definition) is 1. The van der Waals surface area contributed by atoms with Crippen LogP contribution in [0.4, 0.5) is 0 Å². The van der Waals surface area contributed by atoms with Crippen LogP contribution in [0.15, 0.2) is 12.2 Å². The zero-order valence-electron chi connectivity index (χ0n) is 4.90. The second kappa shape index (κ2) is 2.25. The minimum Gasteiger partial charge on any atom is -0.324 e. The van der Waals surface area contributed by atoms with Gasteiger partial charge in [0.15, 0.2) is 0 Å². The zero-order chi connectivity index (χ0) is 6.91. The van der Waals surface area contributed by atoms with Crippen LogP contribution in [-0.2, 0) is 4.57 Å². The summed E-state index contributed by atoms with van der Waals surface area (Å²) in [6.07, 6.45) is 4.59. The van der Waals surface area contributed by atoms with Gasteiger partial charge < -0.3 is 9.79 Å². The van der Waals surface area contributed by atoms with Crippen LogP contribution in [0.1, 0.15) is 6.42 Å². The fourth-order valence-corrected chi connectivity index (χ4v) is 1.65. The number of rotatable bonds is 2. The summed E-state index contributed by atoms with van der Waals surface area (Å²) < 4.78 is 10.3. The summed E-state index contributed by atoms with van der Waals surface area (Å²) in [5, 5.41) is 0. The van der Waals surface area contributed by atoms with Gasteiger partial charge in [-0.2, -0.15) is 0 Å². The topological polar surface area (TPSA) is 57.5 Å². The number of hydrogen-bond donors (Lipinski definition) is 2. The van der Waals surface area contributed by atoms with Crippen molar-refractivity contribution in [2.45, 2.75) is 6.42 Å². The molecule has 1 aliphatic carbocycles. The molecule has 3 nitrogen and oxygen atoms in total. The molecule has 0 aliphatic heterocycles. The van der Waals surface area contributed by atoms with Gasteiger partial charge >= 0.3 is 7.60 Å². The summed E-state index contributed by atoms with van der Waals surface area (Å²) in [6, 6.07) is 0. The average molecular weight is 148 g/mol. The van der Waals surface area contributed by atoms with E-state index in [1.54, 1.807) is 0 Å². The van der Waals surface area contributed by atoms with E-state index in [9.17, 15) is 4.57 Å². The molecular formula is C5H9O3P. The second-order valence-electron chi connectivity index (χ2n) is 2.27. The van der Waals surface area contributed by atoms with E-state index in [4.69, 9.17) is 9.79 Å². The molecule has 0 fully saturated rings. The number of allylic oxidation sites excluding steroid dienone is 2. The first-order valence-electron chi connectivity index (χ1n) is 2.79. The molecule has 0 aromatic carbocycles. The van der Waals surface area contributed by atoms with Gasteiger partial charge in [0.05, 0.1) is 6.16 Å². The van der Waals surface area contributed by atoms with Crippen LogP contribution in [0.2, 0.25) is 0 Å². The molecule has 0 heterocycles. The predicted octanol–water partition coefficient (Wildman–Crippen LogP) is 0.740. The largest absolute Gasteiger partial charge is 0.326 e. The molecule has 0 bridgehead atoms. The van der Waals surface area contributed by atoms with Gasteiger partial charge in [0, 0.05) is 0 Å². The Morgan fingerprint density at radius 2 is 2.22 bits per heavy atom. The van der Waals surface area contributed by atoms with E-state index in [0.29, 0.717) is 0 Å². The molecule has 9 heavy (non-hydrogen) atoms. The molecule has 0 amide bonds. The molecule has 0 radical (unpaired) electrons. The summed E-state index contributed by atoms with van der Waals surface area (Å²) in [7, 11) is -3.74. The summed E-state index contributed by atoms with van der Waals surface area (Å²) in [5.74, 6) is 0.130. The predicted molar refractivity (Wildman–Crippen MR) is 34.2 cm³/mol. The smallest absolute Gasteiger partial charge is 0.324 e. The Balaban J connectivity index is 2.34. The third-order valence-electron chi connectivity index (χ3n) is 1.32. The summed E-state index contributed by atoms with van der Waals surface area (Å²) >= 11 is 0. The van der Waals surface area contributed by atoms with Crippen LogP contribution in [0.25, 0.3) is 0 Å². The Morgan fingerprint density at radius 1 is 1.67 bits per heavy atom. The van der Waals surface area contributed by atoms with E-state index in [0.717, 1.165) is 6.42 Å². The fourth-order valence-electron chi connectivity index (χ4n) is 0.769. The first kappa shape index (κ1) is 7.00. The van der Waals surface area contributed by atoms with Gasteiger partial charge in [-0.3, -0.25) is 4.57 Å². The highest BCUT2D eigenvalue weighted by Gasteiger charge is 2.21. The van der Waals surface area contributed by atoms with Gasteiger partial charge in [0.25, 0.3) is 0 Å². The molecule has 1 atom stereocenters. The molecule has 0 saturated heterocycles. The highest BCUT2D eigenvalue weighted by Crippen LogP contribution is 2.40. The van der Waals surface area contributed by atoms with Crippen LogP contribution in [0.3, 0.4) is 0 Å². The zero-order valence-corrected chi connectivity index (χ0v) is 5.79. The van der Waals surface area contributed by atoms with E-state index < -0.39 is 7.60 Å². The van der Waals surface area contributed by atoms with Crippen molar-refractivity contribution in [3.05, 3.63) is 12.2 Å². The molecule has 1 aliphatic rings. The lowest BCUT2D eigenvalue weighted by molar-refractivity contribution is 0.365. The van der Waals surface area contributed by atoms with Crippen molar-refractivity contribution in [1.29, 1.82) is 0 Å². The van der Waals surface area contributed by atoms with E-state index in [1.807, 2.05) is 12.2 Å². The third-order valence-corrected chi connectivity index (χ3v) is 2.26. The van der Waals surface area contributed by atoms with Crippen molar-refractivity contribution in [2.75, 3.05) is 6.16 Å². The molecular weight excluding hydrogens is 139 g/mol. The monoisotopic (exact) mass is 148 g/mol. The van der Waals surface area contributed by atoms with Gasteiger partial charge in [-0.1, -0.05) is 12.2 Å². The molecule has 1 unspecified atom stereocenters. The lowest BCUT2D eigenvalue weighted by atomic mass is 9.98. The Hall–Kier alpha value is -0.110. The molecule has 52 valence electrons. The SMILES string of the molecule is O=P(O)(O)CC1C=CC1. The van der Waals surface area contributed by atoms with E-state index in [-0.39, 0.29) is 12.1 Å². The summed E-state index contributed by atoms with van der Waals surface area (Å²) in [5.41, 5.74) is 0. The second-order valence-corrected chi connectivity index (χ2v) is 3.97. The molecule has 4 heteroatoms. The van der Waals surface area contributed by atoms with E-state index in [2.05, 4.69) is 0 Å². The third kappa shape index (κ3) is 2.31. The van der Waals surface area contributed by atoms with Crippen molar-refractivity contribution >= 4 is 7.60 Å². The van der Waals surface area contributed by atoms with Crippen LogP contribution >= 0.6 is 7.60 Å². The lowest BCUT2D eigenvalue weighted by Crippen LogP contribution is -2.08. The molecule has 0 aromatic rings. The highest BCUT2D eigenvalue weighted by atomic mass is 31.2. The maximum atomic E-state index is 10.3. The van der Waals surface area contributed by atoms with Crippen LogP contribution in [0.5, 0.6) is 0 Å². The average Bonchev–Trinajstić information content (AvgIpc) is 1.53. The maximum Gasteiger partial charge on any atom is 0.326 e. The molecule has 1 rings (SSSR count). The van der Waals surface area contributed by atoms with Crippen LogP contribution < -0.4 is 0 Å². The van der Waals surface area contributed by atoms with Crippen LogP contribution in [0, 0.1) is 5.92 Å². The van der Waals surface area contributed by atoms with Crippen molar-refractivity contribution < 1.29 is 14.4 Å². The van der Waals surface area contributed by atoms with Gasteiger partial charge in [0.1, 0.15) is 0 Å². The Kier molecular flexibility index (Phi) is 1.75. The lowest BCUT2D eigenvalue weighted by Gasteiger charge is -2.17. The van der Waals surface area contributed by atoms with Gasteiger partial charge in [-0.15, -0.1) is 0 Å². The standard InChI is InChI=1S/C5H9O3P/c6-9(7,8)4-5-2-1-3-5/h1-2,5H,3-4H2,(H2,6,7,8). The molecule has 0 spiro atoms. The molecule has 2 N–H and O–H groups in total. The maximum absolute atomic E-state index is 10.3. The van der Waals surface area contributed by atoms with E-state index >= 15 is 0 Å². The Bertz CT molecular complexity index is 169. The van der Waals surface area contributed by atoms with Crippen molar-refractivity contribution in [3.63, 3.8) is 0 Å². The quantitative estimate of drug-likeness (QED) is 0.448. The van der Waals surface area contributed by atoms with Gasteiger partial charge in [-0.05, 0) is 12.3 Å². The van der Waals surface area contributed by atoms with Crippen molar-refractivity contribution in [1.82, 2.24) is 0 Å². The highest BCUT2D eigenvalue weighted by molar-refractivity contribution is 7.51. The summed E-state index contributed by atoms with van der Waals surface area (Å²) in [6.45, 7) is 0. The minimum absolute atomic E-state index is 0.0174. The van der Waals surface area contributed by atoms with Gasteiger partial charge in [0.2, 0.25) is 0 Å². The molecule has 0 aromatic heterocycles. The fraction of sp³-hybridized carbons (Fsp3) is 0.600. The van der Waals surface area contributed by atoms with Gasteiger partial charge in [-0.25, -0.2) is 0 Å². The van der Waals surface area contributed by atoms with E-state index in [1.165, 1.54) is 0 Å². The normalized spacial score (nSPS) is 25.8. The van der Waals surface area contributed by atoms with Crippen LogP contribution in [-0.4, -0.2) is 15.9 Å². The van der Waals surface area contributed by atoms with Crippen molar-refractivity contribution in [2.24, 2.45) is 5.92 Å². The molecule has 0 saturated carbocycles. The Labute approximate surface area is 53.6 Å². The summed E-state index contributed by atoms with van der Waals surface area (Å²) in [4.78, 5) is 16.9. The minimum atomic E-state index is -3.74.